The Labute approximate surface area is 127 Å². The molecular formula is C18H14FNO2. The van der Waals surface area contributed by atoms with Gasteiger partial charge in [0.05, 0.1) is 11.3 Å². The summed E-state index contributed by atoms with van der Waals surface area (Å²) in [7, 11) is 0. The first-order valence-corrected chi connectivity index (χ1v) is 6.85. The van der Waals surface area contributed by atoms with Gasteiger partial charge in [-0.05, 0) is 36.8 Å². The first-order chi connectivity index (χ1) is 10.6. The SMILES string of the molecule is Cc1c(C(=O)O)cc(-c2ccccc2)n1-c1cccc(F)c1. The third kappa shape index (κ3) is 2.39. The van der Waals surface area contributed by atoms with Gasteiger partial charge >= 0.3 is 5.97 Å². The van der Waals surface area contributed by atoms with Crippen molar-refractivity contribution in [1.82, 2.24) is 4.57 Å². The van der Waals surface area contributed by atoms with Gasteiger partial charge in [0, 0.05) is 11.4 Å². The maximum absolute atomic E-state index is 13.6. The van der Waals surface area contributed by atoms with Crippen molar-refractivity contribution < 1.29 is 14.3 Å². The maximum Gasteiger partial charge on any atom is 0.337 e. The maximum atomic E-state index is 13.6. The molecule has 4 heteroatoms. The topological polar surface area (TPSA) is 42.2 Å². The Morgan fingerprint density at radius 1 is 1.05 bits per heavy atom. The van der Waals surface area contributed by atoms with Crippen LogP contribution in [0.5, 0.6) is 0 Å². The first-order valence-electron chi connectivity index (χ1n) is 6.85. The number of benzene rings is 2. The third-order valence-electron chi connectivity index (χ3n) is 3.61. The van der Waals surface area contributed by atoms with E-state index >= 15 is 0 Å². The number of carbonyl (C=O) groups is 1. The Kier molecular flexibility index (Phi) is 3.51. The molecule has 3 nitrogen and oxygen atoms in total. The number of aromatic carboxylic acids is 1. The summed E-state index contributed by atoms with van der Waals surface area (Å²) < 4.78 is 15.3. The molecule has 0 aliphatic heterocycles. The second-order valence-electron chi connectivity index (χ2n) is 5.02. The molecule has 0 saturated heterocycles. The van der Waals surface area contributed by atoms with Crippen molar-refractivity contribution in [3.05, 3.63) is 77.7 Å². The second-order valence-corrected chi connectivity index (χ2v) is 5.02. The molecule has 0 atom stereocenters. The summed E-state index contributed by atoms with van der Waals surface area (Å²) in [4.78, 5) is 11.4. The van der Waals surface area contributed by atoms with E-state index < -0.39 is 5.97 Å². The van der Waals surface area contributed by atoms with E-state index in [-0.39, 0.29) is 11.4 Å². The van der Waals surface area contributed by atoms with Gasteiger partial charge in [-0.15, -0.1) is 0 Å². The molecule has 22 heavy (non-hydrogen) atoms. The fraction of sp³-hybridized carbons (Fsp3) is 0.0556. The van der Waals surface area contributed by atoms with Crippen LogP contribution in [-0.2, 0) is 0 Å². The number of carboxylic acid groups (broad SMARTS) is 1. The van der Waals surface area contributed by atoms with Gasteiger partial charge in [-0.3, -0.25) is 0 Å². The summed E-state index contributed by atoms with van der Waals surface area (Å²) in [5.41, 5.74) is 2.98. The minimum atomic E-state index is -0.996. The second kappa shape index (κ2) is 5.48. The molecule has 0 amide bonds. The lowest BCUT2D eigenvalue weighted by molar-refractivity contribution is 0.0696. The van der Waals surface area contributed by atoms with E-state index in [1.54, 1.807) is 29.7 Å². The minimum absolute atomic E-state index is 0.211. The number of nitrogens with zero attached hydrogens (tertiary/aromatic N) is 1. The van der Waals surface area contributed by atoms with Crippen LogP contribution in [0.4, 0.5) is 4.39 Å². The van der Waals surface area contributed by atoms with Gasteiger partial charge in [0.15, 0.2) is 0 Å². The zero-order chi connectivity index (χ0) is 15.7. The van der Waals surface area contributed by atoms with Crippen molar-refractivity contribution in [3.8, 4) is 16.9 Å². The normalized spacial score (nSPS) is 10.6. The van der Waals surface area contributed by atoms with E-state index in [1.807, 2.05) is 30.3 Å². The summed E-state index contributed by atoms with van der Waals surface area (Å²) in [6.45, 7) is 1.72. The molecule has 0 spiro atoms. The van der Waals surface area contributed by atoms with Crippen LogP contribution in [0.15, 0.2) is 60.7 Å². The van der Waals surface area contributed by atoms with Crippen LogP contribution in [-0.4, -0.2) is 15.6 Å². The van der Waals surface area contributed by atoms with Gasteiger partial charge < -0.3 is 9.67 Å². The molecule has 1 N–H and O–H groups in total. The summed E-state index contributed by atoms with van der Waals surface area (Å²) in [6, 6.07) is 17.2. The van der Waals surface area contributed by atoms with E-state index in [4.69, 9.17) is 0 Å². The number of hydrogen-bond acceptors (Lipinski definition) is 1. The smallest absolute Gasteiger partial charge is 0.337 e. The highest BCUT2D eigenvalue weighted by Crippen LogP contribution is 2.29. The molecule has 3 aromatic rings. The lowest BCUT2D eigenvalue weighted by Gasteiger charge is -2.12. The monoisotopic (exact) mass is 295 g/mol. The Bertz CT molecular complexity index is 838. The van der Waals surface area contributed by atoms with Gasteiger partial charge in [0.25, 0.3) is 0 Å². The fourth-order valence-electron chi connectivity index (χ4n) is 2.59. The molecule has 0 fully saturated rings. The van der Waals surface area contributed by atoms with Crippen molar-refractivity contribution in [2.24, 2.45) is 0 Å². The van der Waals surface area contributed by atoms with E-state index in [9.17, 15) is 14.3 Å². The van der Waals surface area contributed by atoms with Crippen molar-refractivity contribution in [2.75, 3.05) is 0 Å². The molecule has 0 bridgehead atoms. The largest absolute Gasteiger partial charge is 0.478 e. The van der Waals surface area contributed by atoms with Crippen LogP contribution in [0.25, 0.3) is 16.9 Å². The Balaban J connectivity index is 2.30. The molecule has 1 aromatic heterocycles. The molecule has 0 unspecified atom stereocenters. The average Bonchev–Trinajstić information content (AvgIpc) is 2.86. The number of halogens is 1. The standard InChI is InChI=1S/C18H14FNO2/c1-12-16(18(21)22)11-17(13-6-3-2-4-7-13)20(12)15-9-5-8-14(19)10-15/h2-11H,1H3,(H,21,22). The van der Waals surface area contributed by atoms with Gasteiger partial charge in [-0.1, -0.05) is 36.4 Å². The quantitative estimate of drug-likeness (QED) is 0.783. The molecule has 2 aromatic carbocycles. The molecule has 1 heterocycles. The lowest BCUT2D eigenvalue weighted by atomic mass is 10.1. The Hall–Kier alpha value is -2.88. The average molecular weight is 295 g/mol. The molecule has 0 radical (unpaired) electrons. The van der Waals surface area contributed by atoms with Crippen LogP contribution in [0.1, 0.15) is 16.1 Å². The first kappa shape index (κ1) is 14.1. The predicted octanol–water partition coefficient (Wildman–Crippen LogP) is 4.29. The highest BCUT2D eigenvalue weighted by molar-refractivity contribution is 5.91. The zero-order valence-electron chi connectivity index (χ0n) is 12.0. The van der Waals surface area contributed by atoms with Crippen molar-refractivity contribution in [3.63, 3.8) is 0 Å². The number of hydrogen-bond donors (Lipinski definition) is 1. The highest BCUT2D eigenvalue weighted by Gasteiger charge is 2.19. The summed E-state index contributed by atoms with van der Waals surface area (Å²) in [5, 5.41) is 9.36. The van der Waals surface area contributed by atoms with Crippen LogP contribution < -0.4 is 0 Å². The Morgan fingerprint density at radius 2 is 1.77 bits per heavy atom. The molecule has 0 aliphatic carbocycles. The van der Waals surface area contributed by atoms with E-state index in [2.05, 4.69) is 0 Å². The lowest BCUT2D eigenvalue weighted by Crippen LogP contribution is -2.02. The van der Waals surface area contributed by atoms with Crippen LogP contribution in [0, 0.1) is 12.7 Å². The molecule has 0 aliphatic rings. The van der Waals surface area contributed by atoms with E-state index in [0.717, 1.165) is 11.3 Å². The van der Waals surface area contributed by atoms with E-state index in [1.165, 1.54) is 12.1 Å². The summed E-state index contributed by atoms with van der Waals surface area (Å²) in [5.74, 6) is -1.36. The minimum Gasteiger partial charge on any atom is -0.478 e. The summed E-state index contributed by atoms with van der Waals surface area (Å²) in [6.07, 6.45) is 0. The number of carboxylic acids is 1. The van der Waals surface area contributed by atoms with Crippen LogP contribution in [0.2, 0.25) is 0 Å². The molecule has 3 rings (SSSR count). The van der Waals surface area contributed by atoms with E-state index in [0.29, 0.717) is 11.4 Å². The third-order valence-corrected chi connectivity index (χ3v) is 3.61. The fourth-order valence-corrected chi connectivity index (χ4v) is 2.59. The van der Waals surface area contributed by atoms with Gasteiger partial charge in [0.1, 0.15) is 5.82 Å². The Morgan fingerprint density at radius 3 is 2.41 bits per heavy atom. The van der Waals surface area contributed by atoms with Gasteiger partial charge in [-0.2, -0.15) is 0 Å². The summed E-state index contributed by atoms with van der Waals surface area (Å²) >= 11 is 0. The van der Waals surface area contributed by atoms with Gasteiger partial charge in [-0.25, -0.2) is 9.18 Å². The predicted molar refractivity (Wildman–Crippen MR) is 82.9 cm³/mol. The van der Waals surface area contributed by atoms with Crippen LogP contribution >= 0.6 is 0 Å². The molecule has 110 valence electrons. The van der Waals surface area contributed by atoms with Crippen molar-refractivity contribution in [2.45, 2.75) is 6.92 Å². The number of aromatic nitrogens is 1. The molecule has 0 saturated carbocycles. The number of rotatable bonds is 3. The van der Waals surface area contributed by atoms with Crippen LogP contribution in [0.3, 0.4) is 0 Å². The molecular weight excluding hydrogens is 281 g/mol. The van der Waals surface area contributed by atoms with Crippen molar-refractivity contribution >= 4 is 5.97 Å². The van der Waals surface area contributed by atoms with Gasteiger partial charge in [0.2, 0.25) is 0 Å². The highest BCUT2D eigenvalue weighted by atomic mass is 19.1. The zero-order valence-corrected chi connectivity index (χ0v) is 12.0. The van der Waals surface area contributed by atoms with Crippen molar-refractivity contribution in [1.29, 1.82) is 0 Å².